The second-order valence-electron chi connectivity index (χ2n) is 6.32. The maximum absolute atomic E-state index is 11.9. The summed E-state index contributed by atoms with van der Waals surface area (Å²) >= 11 is 1.40. The van der Waals surface area contributed by atoms with Gasteiger partial charge in [-0.05, 0) is 42.7 Å². The van der Waals surface area contributed by atoms with Crippen molar-refractivity contribution in [3.8, 4) is 0 Å². The number of hydrogen-bond donors (Lipinski definition) is 1. The number of carbonyl (C=O) groups is 3. The molecule has 1 aromatic carbocycles. The van der Waals surface area contributed by atoms with Gasteiger partial charge in [0.15, 0.2) is 12.4 Å². The maximum Gasteiger partial charge on any atom is 0.306 e. The van der Waals surface area contributed by atoms with Gasteiger partial charge >= 0.3 is 5.97 Å². The lowest BCUT2D eigenvalue weighted by Crippen LogP contribution is -2.21. The van der Waals surface area contributed by atoms with E-state index in [4.69, 9.17) is 4.74 Å². The van der Waals surface area contributed by atoms with Crippen molar-refractivity contribution in [2.24, 2.45) is 0 Å². The molecular formula is C20H23NO4S. The summed E-state index contributed by atoms with van der Waals surface area (Å²) in [5.41, 5.74) is 1.83. The molecule has 0 unspecified atom stereocenters. The number of aryl methyl sites for hydroxylation is 1. The molecule has 0 saturated carbocycles. The maximum atomic E-state index is 11.9. The Morgan fingerprint density at radius 3 is 2.31 bits per heavy atom. The highest BCUT2D eigenvalue weighted by atomic mass is 32.1. The molecule has 138 valence electrons. The quantitative estimate of drug-likeness (QED) is 0.552. The van der Waals surface area contributed by atoms with E-state index >= 15 is 0 Å². The predicted molar refractivity (Wildman–Crippen MR) is 103 cm³/mol. The third-order valence-corrected chi connectivity index (χ3v) is 4.84. The number of rotatable bonds is 8. The molecule has 1 heterocycles. The number of ketones is 1. The van der Waals surface area contributed by atoms with Crippen LogP contribution in [0.2, 0.25) is 0 Å². The van der Waals surface area contributed by atoms with E-state index in [0.29, 0.717) is 16.5 Å². The number of Topliss-reactive ketones (excluding diaryl/α,β-unsaturated/α-hetero) is 1. The smallest absolute Gasteiger partial charge is 0.306 e. The average molecular weight is 373 g/mol. The SMILES string of the molecule is Cc1ccc(C(=O)CCC(=O)OCC(=O)Nc2ccc(C(C)C)cc2)s1. The van der Waals surface area contributed by atoms with Gasteiger partial charge in [0.25, 0.3) is 5.91 Å². The number of amides is 1. The highest BCUT2D eigenvalue weighted by Gasteiger charge is 2.13. The fourth-order valence-corrected chi connectivity index (χ4v) is 3.12. The van der Waals surface area contributed by atoms with Gasteiger partial charge in [-0.25, -0.2) is 0 Å². The first-order chi connectivity index (χ1) is 12.3. The zero-order valence-electron chi connectivity index (χ0n) is 15.2. The lowest BCUT2D eigenvalue weighted by Gasteiger charge is -2.09. The van der Waals surface area contributed by atoms with Gasteiger partial charge in [-0.3, -0.25) is 14.4 Å². The van der Waals surface area contributed by atoms with Crippen LogP contribution >= 0.6 is 11.3 Å². The molecule has 0 fully saturated rings. The van der Waals surface area contributed by atoms with Crippen molar-refractivity contribution in [3.05, 3.63) is 51.7 Å². The third-order valence-electron chi connectivity index (χ3n) is 3.80. The Kier molecular flexibility index (Phi) is 7.09. The Morgan fingerprint density at radius 1 is 1.04 bits per heavy atom. The van der Waals surface area contributed by atoms with E-state index in [2.05, 4.69) is 19.2 Å². The normalized spacial score (nSPS) is 10.6. The van der Waals surface area contributed by atoms with E-state index in [1.54, 1.807) is 6.07 Å². The summed E-state index contributed by atoms with van der Waals surface area (Å²) in [4.78, 5) is 37.2. The second kappa shape index (κ2) is 9.29. The zero-order valence-corrected chi connectivity index (χ0v) is 16.0. The van der Waals surface area contributed by atoms with Crippen LogP contribution in [0.25, 0.3) is 0 Å². The molecule has 26 heavy (non-hydrogen) atoms. The van der Waals surface area contributed by atoms with Crippen molar-refractivity contribution in [2.45, 2.75) is 39.5 Å². The van der Waals surface area contributed by atoms with Crippen LogP contribution < -0.4 is 5.32 Å². The molecule has 0 radical (unpaired) electrons. The number of thiophene rings is 1. The molecule has 2 rings (SSSR count). The van der Waals surface area contributed by atoms with Crippen LogP contribution in [0.3, 0.4) is 0 Å². The molecule has 0 saturated heterocycles. The van der Waals surface area contributed by atoms with Gasteiger partial charge in [0, 0.05) is 17.0 Å². The van der Waals surface area contributed by atoms with Crippen molar-refractivity contribution in [2.75, 3.05) is 11.9 Å². The number of carbonyl (C=O) groups excluding carboxylic acids is 3. The first-order valence-electron chi connectivity index (χ1n) is 8.50. The van der Waals surface area contributed by atoms with E-state index in [0.717, 1.165) is 4.88 Å². The van der Waals surface area contributed by atoms with Crippen LogP contribution in [0.1, 0.15) is 52.7 Å². The number of ether oxygens (including phenoxy) is 1. The van der Waals surface area contributed by atoms with E-state index in [9.17, 15) is 14.4 Å². The standard InChI is InChI=1S/C20H23NO4S/c1-13(2)15-5-7-16(8-6-15)21-19(23)12-25-20(24)11-9-17(22)18-10-4-14(3)26-18/h4-8,10,13H,9,11-12H2,1-3H3,(H,21,23). The minimum atomic E-state index is -0.558. The zero-order chi connectivity index (χ0) is 19.1. The van der Waals surface area contributed by atoms with Crippen molar-refractivity contribution < 1.29 is 19.1 Å². The lowest BCUT2D eigenvalue weighted by molar-refractivity contribution is -0.147. The highest BCUT2D eigenvalue weighted by Crippen LogP contribution is 2.18. The van der Waals surface area contributed by atoms with Crippen LogP contribution in [-0.4, -0.2) is 24.3 Å². The van der Waals surface area contributed by atoms with E-state index in [1.165, 1.54) is 16.9 Å². The number of benzene rings is 1. The minimum Gasteiger partial charge on any atom is -0.456 e. The Balaban J connectivity index is 1.71. The molecule has 0 aliphatic heterocycles. The molecular weight excluding hydrogens is 350 g/mol. The molecule has 5 nitrogen and oxygen atoms in total. The highest BCUT2D eigenvalue weighted by molar-refractivity contribution is 7.14. The summed E-state index contributed by atoms with van der Waals surface area (Å²) in [7, 11) is 0. The first kappa shape index (κ1) is 19.8. The van der Waals surface area contributed by atoms with Crippen LogP contribution in [0, 0.1) is 6.92 Å². The lowest BCUT2D eigenvalue weighted by atomic mass is 10.0. The number of esters is 1. The Labute approximate surface area is 157 Å². The minimum absolute atomic E-state index is 0.0356. The van der Waals surface area contributed by atoms with Crippen molar-refractivity contribution in [3.63, 3.8) is 0 Å². The first-order valence-corrected chi connectivity index (χ1v) is 9.32. The second-order valence-corrected chi connectivity index (χ2v) is 7.61. The summed E-state index contributed by atoms with van der Waals surface area (Å²) in [6.45, 7) is 5.75. The van der Waals surface area contributed by atoms with E-state index in [1.807, 2.05) is 37.3 Å². The molecule has 2 aromatic rings. The molecule has 1 aromatic heterocycles. The molecule has 0 atom stereocenters. The third kappa shape index (κ3) is 6.11. The Hall–Kier alpha value is -2.47. The van der Waals surface area contributed by atoms with Crippen LogP contribution in [-0.2, 0) is 14.3 Å². The van der Waals surface area contributed by atoms with Crippen LogP contribution in [0.15, 0.2) is 36.4 Å². The largest absolute Gasteiger partial charge is 0.456 e. The topological polar surface area (TPSA) is 72.5 Å². The van der Waals surface area contributed by atoms with Crippen molar-refractivity contribution in [1.29, 1.82) is 0 Å². The summed E-state index contributed by atoms with van der Waals surface area (Å²) in [5, 5.41) is 2.68. The summed E-state index contributed by atoms with van der Waals surface area (Å²) < 4.78 is 4.93. The van der Waals surface area contributed by atoms with Gasteiger partial charge in [0.2, 0.25) is 0 Å². The molecule has 1 N–H and O–H groups in total. The van der Waals surface area contributed by atoms with Crippen molar-refractivity contribution >= 4 is 34.7 Å². The van der Waals surface area contributed by atoms with Gasteiger partial charge in [0.05, 0.1) is 11.3 Å². The summed E-state index contributed by atoms with van der Waals surface area (Å²) in [6.07, 6.45) is 0.0449. The van der Waals surface area contributed by atoms with Gasteiger partial charge in [0.1, 0.15) is 0 Å². The molecule has 6 heteroatoms. The van der Waals surface area contributed by atoms with Crippen LogP contribution in [0.5, 0.6) is 0 Å². The molecule has 0 aliphatic rings. The molecule has 0 bridgehead atoms. The Morgan fingerprint density at radius 2 is 1.73 bits per heavy atom. The fraction of sp³-hybridized carbons (Fsp3) is 0.350. The number of nitrogens with one attached hydrogen (secondary N) is 1. The van der Waals surface area contributed by atoms with Crippen molar-refractivity contribution in [1.82, 2.24) is 0 Å². The van der Waals surface area contributed by atoms with Gasteiger partial charge in [-0.15, -0.1) is 11.3 Å². The fourth-order valence-electron chi connectivity index (χ4n) is 2.29. The summed E-state index contributed by atoms with van der Waals surface area (Å²) in [6, 6.07) is 11.2. The molecule has 0 aliphatic carbocycles. The van der Waals surface area contributed by atoms with Gasteiger partial charge < -0.3 is 10.1 Å². The number of anilines is 1. The Bertz CT molecular complexity index is 777. The molecule has 1 amide bonds. The monoisotopic (exact) mass is 373 g/mol. The molecule has 0 spiro atoms. The van der Waals surface area contributed by atoms with E-state index in [-0.39, 0.29) is 25.2 Å². The van der Waals surface area contributed by atoms with E-state index < -0.39 is 11.9 Å². The van der Waals surface area contributed by atoms with Gasteiger partial charge in [-0.1, -0.05) is 26.0 Å². The predicted octanol–water partition coefficient (Wildman–Crippen LogP) is 4.32. The van der Waals surface area contributed by atoms with Gasteiger partial charge in [-0.2, -0.15) is 0 Å². The average Bonchev–Trinajstić information content (AvgIpc) is 3.05. The summed E-state index contributed by atoms with van der Waals surface area (Å²) in [5.74, 6) is -0.635. The number of hydrogen-bond acceptors (Lipinski definition) is 5. The van der Waals surface area contributed by atoms with Crippen LogP contribution in [0.4, 0.5) is 5.69 Å².